The minimum atomic E-state index is 0.0335. The minimum Gasteiger partial charge on any atom is -0.474 e. The number of rotatable bonds is 5. The zero-order valence-electron chi connectivity index (χ0n) is 19.2. The average Bonchev–Trinajstić information content (AvgIpc) is 3.17. The van der Waals surface area contributed by atoms with Crippen LogP contribution in [0.15, 0.2) is 52.4 Å². The van der Waals surface area contributed by atoms with Gasteiger partial charge in [-0.05, 0) is 40.5 Å². The first-order valence-corrected chi connectivity index (χ1v) is 11.1. The summed E-state index contributed by atoms with van der Waals surface area (Å²) < 4.78 is 6.10. The third-order valence-electron chi connectivity index (χ3n) is 5.54. The van der Waals surface area contributed by atoms with Gasteiger partial charge in [-0.15, -0.1) is 0 Å². The molecule has 2 aromatic carbocycles. The lowest BCUT2D eigenvalue weighted by molar-refractivity contribution is 0.237. The van der Waals surface area contributed by atoms with Crippen molar-refractivity contribution in [3.8, 4) is 0 Å². The lowest BCUT2D eigenvalue weighted by Gasteiger charge is -2.21. The van der Waals surface area contributed by atoms with Crippen LogP contribution in [0.2, 0.25) is 5.02 Å². The van der Waals surface area contributed by atoms with E-state index in [0.29, 0.717) is 29.4 Å². The van der Waals surface area contributed by atoms with E-state index in [9.17, 15) is 0 Å². The molecular weight excluding hydrogens is 392 g/mol. The third-order valence-corrected chi connectivity index (χ3v) is 5.79. The summed E-state index contributed by atoms with van der Waals surface area (Å²) in [5, 5.41) is 0.699. The van der Waals surface area contributed by atoms with Gasteiger partial charge in [0, 0.05) is 10.6 Å². The predicted octanol–water partition coefficient (Wildman–Crippen LogP) is 7.55. The molecule has 1 heterocycles. The van der Waals surface area contributed by atoms with Crippen LogP contribution >= 0.6 is 11.6 Å². The van der Waals surface area contributed by atoms with Gasteiger partial charge < -0.3 is 4.74 Å². The normalized spacial score (nSPS) is 17.5. The monoisotopic (exact) mass is 424 g/mol. The fourth-order valence-electron chi connectivity index (χ4n) is 3.54. The van der Waals surface area contributed by atoms with E-state index in [0.717, 1.165) is 17.0 Å². The maximum Gasteiger partial charge on any atom is 0.236 e. The van der Waals surface area contributed by atoms with Crippen LogP contribution < -0.4 is 0 Å². The first-order chi connectivity index (χ1) is 14.1. The summed E-state index contributed by atoms with van der Waals surface area (Å²) in [6.07, 6.45) is 0. The number of aliphatic imine (C=N–C) groups is 2. The fourth-order valence-corrected chi connectivity index (χ4v) is 3.67. The van der Waals surface area contributed by atoms with Gasteiger partial charge >= 0.3 is 0 Å². The summed E-state index contributed by atoms with van der Waals surface area (Å²) >= 11 is 6.15. The molecule has 1 aliphatic heterocycles. The summed E-state index contributed by atoms with van der Waals surface area (Å²) in [5.74, 6) is 1.34. The topological polar surface area (TPSA) is 34.0 Å². The molecule has 1 atom stereocenters. The molecule has 0 fully saturated rings. The van der Waals surface area contributed by atoms with Crippen molar-refractivity contribution in [2.45, 2.75) is 66.3 Å². The number of hydrogen-bond acceptors (Lipinski definition) is 3. The standard InChI is InChI=1S/C26H33ClN2O/c1-16(2)20-9-8-10-21(17(3)4)24(20)29-23(18-11-13-19(27)14-12-18)25-28-22(15-30-25)26(5,6)7/h8-14,16-17,22H,15H2,1-7H3/b29-23+/t22-/m1/s1. The molecule has 3 rings (SSSR count). The highest BCUT2D eigenvalue weighted by molar-refractivity contribution is 6.46. The highest BCUT2D eigenvalue weighted by atomic mass is 35.5. The van der Waals surface area contributed by atoms with E-state index >= 15 is 0 Å². The summed E-state index contributed by atoms with van der Waals surface area (Å²) in [6.45, 7) is 16.0. The van der Waals surface area contributed by atoms with Crippen LogP contribution in [0.1, 0.15) is 77.0 Å². The summed E-state index contributed by atoms with van der Waals surface area (Å²) in [7, 11) is 0. The van der Waals surface area contributed by atoms with Crippen molar-refractivity contribution in [2.24, 2.45) is 15.4 Å². The Balaban J connectivity index is 2.22. The van der Waals surface area contributed by atoms with Gasteiger partial charge in [0.1, 0.15) is 12.3 Å². The second-order valence-electron chi connectivity index (χ2n) is 9.69. The smallest absolute Gasteiger partial charge is 0.236 e. The number of ether oxygens (including phenoxy) is 1. The molecule has 0 N–H and O–H groups in total. The molecule has 0 saturated carbocycles. The zero-order chi connectivity index (χ0) is 22.1. The van der Waals surface area contributed by atoms with E-state index < -0.39 is 0 Å². The van der Waals surface area contributed by atoms with E-state index in [1.165, 1.54) is 11.1 Å². The minimum absolute atomic E-state index is 0.0335. The summed E-state index contributed by atoms with van der Waals surface area (Å²) in [5.41, 5.74) is 5.26. The molecule has 4 heteroatoms. The molecule has 0 aromatic heterocycles. The number of hydrogen-bond donors (Lipinski definition) is 0. The average molecular weight is 425 g/mol. The molecule has 0 radical (unpaired) electrons. The van der Waals surface area contributed by atoms with Crippen molar-refractivity contribution in [3.63, 3.8) is 0 Å². The van der Waals surface area contributed by atoms with Gasteiger partial charge in [-0.2, -0.15) is 0 Å². The SMILES string of the molecule is CC(C)c1cccc(C(C)C)c1/N=C(/C1=N[C@@H](C(C)(C)C)CO1)c1ccc(Cl)cc1. The molecule has 0 amide bonds. The van der Waals surface area contributed by atoms with E-state index in [2.05, 4.69) is 66.7 Å². The van der Waals surface area contributed by atoms with Crippen LogP contribution in [0, 0.1) is 5.41 Å². The Hall–Kier alpha value is -2.13. The van der Waals surface area contributed by atoms with Crippen molar-refractivity contribution >= 4 is 28.9 Å². The molecule has 3 nitrogen and oxygen atoms in total. The van der Waals surface area contributed by atoms with Crippen molar-refractivity contribution in [3.05, 3.63) is 64.2 Å². The first kappa shape index (κ1) is 22.6. The molecule has 2 aromatic rings. The van der Waals surface area contributed by atoms with Gasteiger partial charge in [0.2, 0.25) is 5.90 Å². The maximum absolute atomic E-state index is 6.15. The molecule has 30 heavy (non-hydrogen) atoms. The Bertz CT molecular complexity index is 924. The van der Waals surface area contributed by atoms with Gasteiger partial charge in [-0.1, -0.05) is 90.4 Å². The Morgan fingerprint density at radius 3 is 2.03 bits per heavy atom. The van der Waals surface area contributed by atoms with E-state index in [4.69, 9.17) is 26.3 Å². The highest BCUT2D eigenvalue weighted by Crippen LogP contribution is 2.36. The number of benzene rings is 2. The van der Waals surface area contributed by atoms with Gasteiger partial charge in [0.05, 0.1) is 11.7 Å². The molecule has 0 unspecified atom stereocenters. The quantitative estimate of drug-likeness (QED) is 0.456. The van der Waals surface area contributed by atoms with E-state index in [1.54, 1.807) is 0 Å². The zero-order valence-corrected chi connectivity index (χ0v) is 19.9. The third kappa shape index (κ3) is 4.95. The Morgan fingerprint density at radius 1 is 1.00 bits per heavy atom. The molecule has 0 bridgehead atoms. The van der Waals surface area contributed by atoms with Crippen LogP contribution in [-0.4, -0.2) is 24.3 Å². The summed E-state index contributed by atoms with van der Waals surface area (Å²) in [4.78, 5) is 10.2. The number of para-hydroxylation sites is 1. The summed E-state index contributed by atoms with van der Waals surface area (Å²) in [6, 6.07) is 14.3. The van der Waals surface area contributed by atoms with E-state index in [1.807, 2.05) is 24.3 Å². The number of nitrogens with zero attached hydrogens (tertiary/aromatic N) is 2. The van der Waals surface area contributed by atoms with E-state index in [-0.39, 0.29) is 11.5 Å². The lowest BCUT2D eigenvalue weighted by atomic mass is 9.88. The fraction of sp³-hybridized carbons (Fsp3) is 0.462. The Labute approximate surface area is 186 Å². The van der Waals surface area contributed by atoms with Crippen molar-refractivity contribution in [1.29, 1.82) is 0 Å². The molecule has 160 valence electrons. The Kier molecular flexibility index (Phi) is 6.71. The van der Waals surface area contributed by atoms with Crippen molar-refractivity contribution < 1.29 is 4.74 Å². The number of halogens is 1. The van der Waals surface area contributed by atoms with Gasteiger partial charge in [0.25, 0.3) is 0 Å². The second kappa shape index (κ2) is 8.93. The van der Waals surface area contributed by atoms with Crippen molar-refractivity contribution in [1.82, 2.24) is 0 Å². The van der Waals surface area contributed by atoms with Crippen LogP contribution in [0.5, 0.6) is 0 Å². The highest BCUT2D eigenvalue weighted by Gasteiger charge is 2.32. The molecule has 0 aliphatic carbocycles. The van der Waals surface area contributed by atoms with Crippen LogP contribution in [0.25, 0.3) is 0 Å². The van der Waals surface area contributed by atoms with Gasteiger partial charge in [-0.3, -0.25) is 0 Å². The molecular formula is C26H33ClN2O. The predicted molar refractivity (Wildman–Crippen MR) is 129 cm³/mol. The molecule has 1 aliphatic rings. The lowest BCUT2D eigenvalue weighted by Crippen LogP contribution is -2.25. The molecule has 0 saturated heterocycles. The van der Waals surface area contributed by atoms with Gasteiger partial charge in [0.15, 0.2) is 0 Å². The second-order valence-corrected chi connectivity index (χ2v) is 10.1. The van der Waals surface area contributed by atoms with Gasteiger partial charge in [-0.25, -0.2) is 9.98 Å². The Morgan fingerprint density at radius 2 is 1.57 bits per heavy atom. The maximum atomic E-state index is 6.15. The van der Waals surface area contributed by atoms with Crippen LogP contribution in [0.4, 0.5) is 5.69 Å². The first-order valence-electron chi connectivity index (χ1n) is 10.8. The van der Waals surface area contributed by atoms with Crippen LogP contribution in [-0.2, 0) is 4.74 Å². The molecule has 0 spiro atoms. The van der Waals surface area contributed by atoms with Crippen molar-refractivity contribution in [2.75, 3.05) is 6.61 Å². The largest absolute Gasteiger partial charge is 0.474 e. The van der Waals surface area contributed by atoms with Crippen LogP contribution in [0.3, 0.4) is 0 Å².